The van der Waals surface area contributed by atoms with Gasteiger partial charge in [-0.3, -0.25) is 9.78 Å². The summed E-state index contributed by atoms with van der Waals surface area (Å²) in [6.07, 6.45) is 2.73. The van der Waals surface area contributed by atoms with Gasteiger partial charge in [-0.15, -0.1) is 0 Å². The van der Waals surface area contributed by atoms with Crippen molar-refractivity contribution < 1.29 is 9.53 Å². The molecule has 4 heteroatoms. The van der Waals surface area contributed by atoms with Gasteiger partial charge in [0.25, 0.3) is 5.91 Å². The van der Waals surface area contributed by atoms with Crippen LogP contribution in [0.1, 0.15) is 27.9 Å². The molecule has 26 heavy (non-hydrogen) atoms. The molecule has 1 aliphatic heterocycles. The number of fused-ring (bicyclic) bond motifs is 1. The van der Waals surface area contributed by atoms with Crippen LogP contribution in [0.2, 0.25) is 0 Å². The third-order valence-electron chi connectivity index (χ3n) is 4.90. The number of amides is 1. The average molecular weight is 346 g/mol. The molecule has 3 aromatic rings. The molecule has 0 bridgehead atoms. The molecule has 1 aromatic heterocycles. The second-order valence-electron chi connectivity index (χ2n) is 6.95. The van der Waals surface area contributed by atoms with E-state index in [1.54, 1.807) is 0 Å². The van der Waals surface area contributed by atoms with Crippen LogP contribution in [0.4, 0.5) is 0 Å². The highest BCUT2D eigenvalue weighted by Gasteiger charge is 2.18. The molecule has 0 saturated carbocycles. The van der Waals surface area contributed by atoms with Crippen LogP contribution < -0.4 is 5.32 Å². The van der Waals surface area contributed by atoms with Crippen LogP contribution in [0, 0.1) is 13.8 Å². The van der Waals surface area contributed by atoms with Gasteiger partial charge < -0.3 is 10.1 Å². The Morgan fingerprint density at radius 3 is 2.69 bits per heavy atom. The summed E-state index contributed by atoms with van der Waals surface area (Å²) in [4.78, 5) is 16.9. The molecule has 4 rings (SSSR count). The maximum atomic E-state index is 12.4. The Balaban J connectivity index is 1.65. The minimum Gasteiger partial charge on any atom is -0.379 e. The third-order valence-corrected chi connectivity index (χ3v) is 4.90. The lowest BCUT2D eigenvalue weighted by molar-refractivity contribution is 0.0930. The number of rotatable bonds is 3. The second-order valence-corrected chi connectivity index (χ2v) is 6.95. The van der Waals surface area contributed by atoms with Gasteiger partial charge in [0.1, 0.15) is 0 Å². The number of pyridine rings is 1. The van der Waals surface area contributed by atoms with Crippen LogP contribution in [0.5, 0.6) is 0 Å². The van der Waals surface area contributed by atoms with E-state index in [0.29, 0.717) is 12.2 Å². The molecule has 1 N–H and O–H groups in total. The van der Waals surface area contributed by atoms with Crippen molar-refractivity contribution in [2.75, 3.05) is 13.2 Å². The zero-order chi connectivity index (χ0) is 18.1. The van der Waals surface area contributed by atoms with E-state index in [-0.39, 0.29) is 11.9 Å². The lowest BCUT2D eigenvalue weighted by atomic mass is 9.97. The Morgan fingerprint density at radius 2 is 1.96 bits per heavy atom. The van der Waals surface area contributed by atoms with Crippen LogP contribution in [0.25, 0.3) is 22.0 Å². The fourth-order valence-corrected chi connectivity index (χ4v) is 3.58. The zero-order valence-electron chi connectivity index (χ0n) is 15.1. The molecule has 1 aliphatic rings. The number of aryl methyl sites for hydroxylation is 2. The first-order chi connectivity index (χ1) is 12.6. The zero-order valence-corrected chi connectivity index (χ0v) is 15.1. The molecule has 4 nitrogen and oxygen atoms in total. The monoisotopic (exact) mass is 346 g/mol. The molecule has 1 fully saturated rings. The summed E-state index contributed by atoms with van der Waals surface area (Å²) in [6, 6.07) is 14.3. The highest BCUT2D eigenvalue weighted by atomic mass is 16.5. The van der Waals surface area contributed by atoms with E-state index < -0.39 is 0 Å². The molecule has 1 amide bonds. The van der Waals surface area contributed by atoms with Crippen molar-refractivity contribution in [2.45, 2.75) is 26.3 Å². The standard InChI is InChI=1S/C22H22N2O2/c1-14-11-15(2)21-20(12-14)19(7-9-23-21)16-3-5-17(6-4-16)22(25)24-18-8-10-26-13-18/h3-7,9,11-12,18H,8,10,13H2,1-2H3,(H,24,25)/t18-/m0/s1. The molecule has 2 heterocycles. The molecule has 0 radical (unpaired) electrons. The number of hydrogen-bond donors (Lipinski definition) is 1. The third kappa shape index (κ3) is 3.20. The summed E-state index contributed by atoms with van der Waals surface area (Å²) >= 11 is 0. The molecule has 0 unspecified atom stereocenters. The largest absolute Gasteiger partial charge is 0.379 e. The molecular weight excluding hydrogens is 324 g/mol. The van der Waals surface area contributed by atoms with E-state index in [1.165, 1.54) is 11.1 Å². The van der Waals surface area contributed by atoms with Crippen molar-refractivity contribution in [1.82, 2.24) is 10.3 Å². The van der Waals surface area contributed by atoms with Crippen molar-refractivity contribution >= 4 is 16.8 Å². The van der Waals surface area contributed by atoms with Gasteiger partial charge in [-0.2, -0.15) is 0 Å². The first kappa shape index (κ1) is 16.7. The van der Waals surface area contributed by atoms with Crippen LogP contribution in [-0.4, -0.2) is 30.1 Å². The number of hydrogen-bond acceptors (Lipinski definition) is 3. The summed E-state index contributed by atoms with van der Waals surface area (Å²) in [7, 11) is 0. The second kappa shape index (κ2) is 6.89. The van der Waals surface area contributed by atoms with Gasteiger partial charge in [0, 0.05) is 23.8 Å². The van der Waals surface area contributed by atoms with E-state index in [0.717, 1.165) is 35.1 Å². The predicted molar refractivity (Wildman–Crippen MR) is 103 cm³/mol. The van der Waals surface area contributed by atoms with E-state index in [1.807, 2.05) is 36.5 Å². The van der Waals surface area contributed by atoms with Crippen molar-refractivity contribution in [2.24, 2.45) is 0 Å². The number of benzene rings is 2. The Bertz CT molecular complexity index is 958. The maximum Gasteiger partial charge on any atom is 0.251 e. The molecular formula is C22H22N2O2. The van der Waals surface area contributed by atoms with Gasteiger partial charge in [-0.1, -0.05) is 23.8 Å². The highest BCUT2D eigenvalue weighted by molar-refractivity contribution is 5.98. The van der Waals surface area contributed by atoms with Crippen LogP contribution >= 0.6 is 0 Å². The molecule has 1 saturated heterocycles. The maximum absolute atomic E-state index is 12.4. The quantitative estimate of drug-likeness (QED) is 0.779. The highest BCUT2D eigenvalue weighted by Crippen LogP contribution is 2.30. The number of carbonyl (C=O) groups is 1. The minimum atomic E-state index is -0.0432. The summed E-state index contributed by atoms with van der Waals surface area (Å²) in [5, 5.41) is 4.17. The van der Waals surface area contributed by atoms with Gasteiger partial charge in [0.2, 0.25) is 0 Å². The number of ether oxygens (including phenoxy) is 1. The normalized spacial score (nSPS) is 16.8. The molecule has 0 aliphatic carbocycles. The molecule has 132 valence electrons. The van der Waals surface area contributed by atoms with Crippen molar-refractivity contribution in [3.8, 4) is 11.1 Å². The number of nitrogens with zero attached hydrogens (tertiary/aromatic N) is 1. The number of aromatic nitrogens is 1. The smallest absolute Gasteiger partial charge is 0.251 e. The summed E-state index contributed by atoms with van der Waals surface area (Å²) in [6.45, 7) is 5.51. The van der Waals surface area contributed by atoms with Crippen molar-refractivity contribution in [3.63, 3.8) is 0 Å². The summed E-state index contributed by atoms with van der Waals surface area (Å²) in [5.74, 6) is -0.0432. The fraction of sp³-hybridized carbons (Fsp3) is 0.273. The fourth-order valence-electron chi connectivity index (χ4n) is 3.58. The first-order valence-corrected chi connectivity index (χ1v) is 8.97. The molecule has 0 spiro atoms. The van der Waals surface area contributed by atoms with Crippen LogP contribution in [0.3, 0.4) is 0 Å². The van der Waals surface area contributed by atoms with Gasteiger partial charge in [0.05, 0.1) is 18.2 Å². The van der Waals surface area contributed by atoms with Gasteiger partial charge in [0.15, 0.2) is 0 Å². The summed E-state index contributed by atoms with van der Waals surface area (Å²) in [5.41, 5.74) is 6.32. The number of nitrogens with one attached hydrogen (secondary N) is 1. The summed E-state index contributed by atoms with van der Waals surface area (Å²) < 4.78 is 5.31. The van der Waals surface area contributed by atoms with Crippen LogP contribution in [0.15, 0.2) is 48.7 Å². The van der Waals surface area contributed by atoms with Crippen molar-refractivity contribution in [3.05, 3.63) is 65.4 Å². The van der Waals surface area contributed by atoms with E-state index >= 15 is 0 Å². The first-order valence-electron chi connectivity index (χ1n) is 8.97. The van der Waals surface area contributed by atoms with Gasteiger partial charge in [-0.05, 0) is 61.2 Å². The Labute approximate surface area is 153 Å². The lowest BCUT2D eigenvalue weighted by Crippen LogP contribution is -2.34. The Kier molecular flexibility index (Phi) is 4.43. The Hall–Kier alpha value is -2.72. The average Bonchev–Trinajstić information content (AvgIpc) is 3.14. The van der Waals surface area contributed by atoms with E-state index in [4.69, 9.17) is 4.74 Å². The Morgan fingerprint density at radius 1 is 1.15 bits per heavy atom. The van der Waals surface area contributed by atoms with Crippen LogP contribution in [-0.2, 0) is 4.74 Å². The topological polar surface area (TPSA) is 51.2 Å². The van der Waals surface area contributed by atoms with E-state index in [9.17, 15) is 4.79 Å². The molecule has 2 aromatic carbocycles. The predicted octanol–water partition coefficient (Wildman–Crippen LogP) is 4.04. The molecule has 1 atom stereocenters. The SMILES string of the molecule is Cc1cc(C)c2nccc(-c3ccc(C(=O)N[C@H]4CCOC4)cc3)c2c1. The van der Waals surface area contributed by atoms with Gasteiger partial charge in [-0.25, -0.2) is 0 Å². The van der Waals surface area contributed by atoms with Gasteiger partial charge >= 0.3 is 0 Å². The lowest BCUT2D eigenvalue weighted by Gasteiger charge is -2.12. The number of carbonyl (C=O) groups excluding carboxylic acids is 1. The minimum absolute atomic E-state index is 0.0432. The van der Waals surface area contributed by atoms with Crippen molar-refractivity contribution in [1.29, 1.82) is 0 Å². The van der Waals surface area contributed by atoms with E-state index in [2.05, 4.69) is 36.3 Å².